The summed E-state index contributed by atoms with van der Waals surface area (Å²) >= 11 is 0. The van der Waals surface area contributed by atoms with Crippen LogP contribution in [0.1, 0.15) is 20.3 Å². The first-order valence-corrected chi connectivity index (χ1v) is 12.6. The minimum Gasteiger partial charge on any atom is -0.490 e. The molecule has 1 aromatic heterocycles. The van der Waals surface area contributed by atoms with Gasteiger partial charge in [-0.15, -0.1) is 0 Å². The summed E-state index contributed by atoms with van der Waals surface area (Å²) in [4.78, 5) is 25.5. The fraction of sp³-hybridized carbons (Fsp3) is 0.500. The predicted octanol–water partition coefficient (Wildman–Crippen LogP) is 1.29. The number of piperazine rings is 1. The highest BCUT2D eigenvalue weighted by Gasteiger charge is 2.33. The molecule has 178 valence electrons. The monoisotopic (exact) mass is 475 g/mol. The van der Waals surface area contributed by atoms with Gasteiger partial charge < -0.3 is 19.3 Å². The van der Waals surface area contributed by atoms with E-state index in [2.05, 4.69) is 14.7 Å². The summed E-state index contributed by atoms with van der Waals surface area (Å²) in [5.74, 6) is 1.06. The van der Waals surface area contributed by atoms with Gasteiger partial charge in [0.2, 0.25) is 21.9 Å². The van der Waals surface area contributed by atoms with Gasteiger partial charge in [-0.25, -0.2) is 18.4 Å². The molecular formula is C22H29N5O5S. The molecule has 0 aliphatic carbocycles. The van der Waals surface area contributed by atoms with Crippen molar-refractivity contribution in [1.29, 1.82) is 0 Å². The number of nitrogens with zero attached hydrogens (tertiary/aromatic N) is 4. The lowest BCUT2D eigenvalue weighted by molar-refractivity contribution is -0.134. The molecule has 2 aliphatic rings. The van der Waals surface area contributed by atoms with Crippen molar-refractivity contribution in [3.8, 4) is 11.5 Å². The van der Waals surface area contributed by atoms with Gasteiger partial charge in [-0.2, -0.15) is 4.72 Å². The number of fused-ring (bicyclic) bond motifs is 1. The van der Waals surface area contributed by atoms with E-state index in [4.69, 9.17) is 9.47 Å². The van der Waals surface area contributed by atoms with Crippen LogP contribution in [0.2, 0.25) is 0 Å². The number of sulfonamides is 1. The summed E-state index contributed by atoms with van der Waals surface area (Å²) < 4.78 is 40.1. The van der Waals surface area contributed by atoms with E-state index < -0.39 is 16.1 Å². The van der Waals surface area contributed by atoms with E-state index in [-0.39, 0.29) is 16.7 Å². The molecule has 1 N–H and O–H groups in total. The van der Waals surface area contributed by atoms with Crippen LogP contribution in [0.3, 0.4) is 0 Å². The first-order valence-electron chi connectivity index (χ1n) is 11.1. The molecule has 0 spiro atoms. The van der Waals surface area contributed by atoms with Crippen LogP contribution in [0, 0.1) is 5.92 Å². The Hall–Kier alpha value is -2.92. The number of rotatable bonds is 6. The molecule has 0 radical (unpaired) electrons. The molecule has 33 heavy (non-hydrogen) atoms. The van der Waals surface area contributed by atoms with Crippen LogP contribution in [0.4, 0.5) is 5.95 Å². The largest absolute Gasteiger partial charge is 0.490 e. The minimum atomic E-state index is -3.95. The fourth-order valence-electron chi connectivity index (χ4n) is 3.80. The molecule has 4 rings (SSSR count). The van der Waals surface area contributed by atoms with E-state index in [1.165, 1.54) is 12.1 Å². The van der Waals surface area contributed by atoms with Crippen molar-refractivity contribution >= 4 is 21.9 Å². The van der Waals surface area contributed by atoms with Crippen LogP contribution < -0.4 is 19.1 Å². The highest BCUT2D eigenvalue weighted by molar-refractivity contribution is 7.89. The van der Waals surface area contributed by atoms with Gasteiger partial charge in [0.1, 0.15) is 6.04 Å². The number of benzene rings is 1. The van der Waals surface area contributed by atoms with Crippen LogP contribution >= 0.6 is 0 Å². The Morgan fingerprint density at radius 1 is 1.03 bits per heavy atom. The maximum absolute atomic E-state index is 13.3. The second-order valence-corrected chi connectivity index (χ2v) is 10.1. The summed E-state index contributed by atoms with van der Waals surface area (Å²) in [5, 5.41) is 0. The van der Waals surface area contributed by atoms with Gasteiger partial charge in [0.05, 0.1) is 18.1 Å². The van der Waals surface area contributed by atoms with Crippen LogP contribution in [0.15, 0.2) is 41.6 Å². The van der Waals surface area contributed by atoms with Gasteiger partial charge in [-0.1, -0.05) is 13.8 Å². The number of hydrogen-bond donors (Lipinski definition) is 1. The summed E-state index contributed by atoms with van der Waals surface area (Å²) in [5.41, 5.74) is 0. The third-order valence-corrected chi connectivity index (χ3v) is 7.11. The Labute approximate surface area is 194 Å². The SMILES string of the molecule is CC(C)[C@H](NS(=O)(=O)c1ccc2c(c1)OCCCO2)C(=O)N1CCN(c2ncccn2)CC1. The average Bonchev–Trinajstić information content (AvgIpc) is 3.08. The lowest BCUT2D eigenvalue weighted by Crippen LogP contribution is -2.56. The van der Waals surface area contributed by atoms with Gasteiger partial charge in [0.15, 0.2) is 11.5 Å². The quantitative estimate of drug-likeness (QED) is 0.665. The molecule has 1 amide bonds. The van der Waals surface area contributed by atoms with Crippen LogP contribution in [0.25, 0.3) is 0 Å². The molecule has 2 aliphatic heterocycles. The van der Waals surface area contributed by atoms with Crippen molar-refractivity contribution in [3.63, 3.8) is 0 Å². The third kappa shape index (κ3) is 5.36. The van der Waals surface area contributed by atoms with E-state index in [1.807, 2.05) is 18.7 Å². The third-order valence-electron chi connectivity index (χ3n) is 5.67. The van der Waals surface area contributed by atoms with Crippen LogP contribution in [-0.4, -0.2) is 74.6 Å². The van der Waals surface area contributed by atoms with Crippen LogP contribution in [-0.2, 0) is 14.8 Å². The zero-order chi connectivity index (χ0) is 23.4. The van der Waals surface area contributed by atoms with Crippen molar-refractivity contribution in [2.75, 3.05) is 44.3 Å². The first-order chi connectivity index (χ1) is 15.8. The minimum absolute atomic E-state index is 0.0382. The number of aromatic nitrogens is 2. The summed E-state index contributed by atoms with van der Waals surface area (Å²) in [6, 6.07) is 5.38. The second kappa shape index (κ2) is 9.92. The molecule has 10 nitrogen and oxygen atoms in total. The maximum Gasteiger partial charge on any atom is 0.241 e. The molecule has 1 fully saturated rings. The smallest absolute Gasteiger partial charge is 0.241 e. The van der Waals surface area contributed by atoms with Gasteiger partial charge in [0.25, 0.3) is 0 Å². The van der Waals surface area contributed by atoms with Crippen molar-refractivity contribution < 1.29 is 22.7 Å². The lowest BCUT2D eigenvalue weighted by atomic mass is 10.0. The van der Waals surface area contributed by atoms with Gasteiger partial charge in [-0.3, -0.25) is 4.79 Å². The molecule has 1 aromatic carbocycles. The average molecular weight is 476 g/mol. The Morgan fingerprint density at radius 3 is 2.36 bits per heavy atom. The zero-order valence-electron chi connectivity index (χ0n) is 18.8. The number of carbonyl (C=O) groups is 1. The highest BCUT2D eigenvalue weighted by Crippen LogP contribution is 2.32. The van der Waals surface area contributed by atoms with Gasteiger partial charge >= 0.3 is 0 Å². The molecule has 1 atom stereocenters. The molecular weight excluding hydrogens is 446 g/mol. The normalized spacial score (nSPS) is 17.5. The number of nitrogens with one attached hydrogen (secondary N) is 1. The standard InChI is InChI=1S/C22H29N5O5S/c1-16(2)20(21(28)26-9-11-27(12-10-26)22-23-7-3-8-24-22)25-33(29,30)17-5-6-18-19(15-17)32-14-4-13-31-18/h3,5-8,15-16,20,25H,4,9-14H2,1-2H3/t20-/m0/s1. The number of ether oxygens (including phenoxy) is 2. The lowest BCUT2D eigenvalue weighted by Gasteiger charge is -2.37. The van der Waals surface area contributed by atoms with E-state index in [0.29, 0.717) is 56.8 Å². The van der Waals surface area contributed by atoms with Gasteiger partial charge in [0, 0.05) is 51.1 Å². The fourth-order valence-corrected chi connectivity index (χ4v) is 5.15. The molecule has 1 saturated heterocycles. The zero-order valence-corrected chi connectivity index (χ0v) is 19.6. The highest BCUT2D eigenvalue weighted by atomic mass is 32.2. The first kappa shape index (κ1) is 23.2. The van der Waals surface area contributed by atoms with Crippen molar-refractivity contribution in [1.82, 2.24) is 19.6 Å². The number of carbonyl (C=O) groups excluding carboxylic acids is 1. The van der Waals surface area contributed by atoms with E-state index in [1.54, 1.807) is 29.4 Å². The van der Waals surface area contributed by atoms with Crippen LogP contribution in [0.5, 0.6) is 11.5 Å². The molecule has 0 saturated carbocycles. The van der Waals surface area contributed by atoms with E-state index >= 15 is 0 Å². The topological polar surface area (TPSA) is 114 Å². The number of anilines is 1. The number of amides is 1. The summed E-state index contributed by atoms with van der Waals surface area (Å²) in [7, 11) is -3.95. The summed E-state index contributed by atoms with van der Waals surface area (Å²) in [6.07, 6.45) is 4.09. The summed E-state index contributed by atoms with van der Waals surface area (Å²) in [6.45, 7) is 6.71. The van der Waals surface area contributed by atoms with E-state index in [9.17, 15) is 13.2 Å². The molecule has 11 heteroatoms. The Morgan fingerprint density at radius 2 is 1.70 bits per heavy atom. The molecule has 0 unspecified atom stereocenters. The predicted molar refractivity (Wildman–Crippen MR) is 122 cm³/mol. The molecule has 0 bridgehead atoms. The van der Waals surface area contributed by atoms with E-state index in [0.717, 1.165) is 6.42 Å². The Kier molecular flexibility index (Phi) is 6.99. The Bertz CT molecular complexity index is 1070. The molecule has 2 aromatic rings. The second-order valence-electron chi connectivity index (χ2n) is 8.36. The Balaban J connectivity index is 1.45. The van der Waals surface area contributed by atoms with Crippen molar-refractivity contribution in [2.24, 2.45) is 5.92 Å². The van der Waals surface area contributed by atoms with Crippen molar-refractivity contribution in [3.05, 3.63) is 36.7 Å². The van der Waals surface area contributed by atoms with Crippen molar-refractivity contribution in [2.45, 2.75) is 31.2 Å². The van der Waals surface area contributed by atoms with Gasteiger partial charge in [-0.05, 0) is 24.1 Å². The number of hydrogen-bond acceptors (Lipinski definition) is 8. The molecule has 3 heterocycles. The maximum atomic E-state index is 13.3.